The molecule has 2 N–H and O–H groups in total. The Labute approximate surface area is 154 Å². The Balaban J connectivity index is 1.80. The van der Waals surface area contributed by atoms with Gasteiger partial charge in [0.1, 0.15) is 17.9 Å². The summed E-state index contributed by atoms with van der Waals surface area (Å²) in [7, 11) is -3.87. The van der Waals surface area contributed by atoms with E-state index in [1.165, 1.54) is 29.1 Å². The van der Waals surface area contributed by atoms with E-state index in [0.717, 1.165) is 6.20 Å². The van der Waals surface area contributed by atoms with Gasteiger partial charge in [-0.3, -0.25) is 4.98 Å². The first-order valence-corrected chi connectivity index (χ1v) is 9.48. The topological polar surface area (TPSA) is 123 Å². The number of hydrogen-bond donors (Lipinski definition) is 2. The molecule has 0 aliphatic carbocycles. The van der Waals surface area contributed by atoms with E-state index in [9.17, 15) is 17.9 Å². The maximum atomic E-state index is 13.0. The van der Waals surface area contributed by atoms with Crippen molar-refractivity contribution >= 4 is 10.0 Å². The molecule has 27 heavy (non-hydrogen) atoms. The average molecular weight is 392 g/mol. The highest BCUT2D eigenvalue weighted by molar-refractivity contribution is 7.89. The van der Waals surface area contributed by atoms with Gasteiger partial charge in [0, 0.05) is 0 Å². The minimum Gasteiger partial charge on any atom is -0.394 e. The van der Waals surface area contributed by atoms with E-state index < -0.39 is 34.5 Å². The second-order valence-electron chi connectivity index (χ2n) is 5.71. The van der Waals surface area contributed by atoms with E-state index >= 15 is 0 Å². The Bertz CT molecular complexity index is 995. The van der Waals surface area contributed by atoms with Crippen LogP contribution < -0.4 is 4.72 Å². The molecule has 3 aromatic rings. The lowest BCUT2D eigenvalue weighted by Gasteiger charge is -2.13. The van der Waals surface area contributed by atoms with Crippen molar-refractivity contribution in [2.45, 2.75) is 23.9 Å². The van der Waals surface area contributed by atoms with Crippen LogP contribution in [-0.2, 0) is 10.0 Å². The van der Waals surface area contributed by atoms with E-state index in [2.05, 4.69) is 25.1 Å². The van der Waals surface area contributed by atoms with Gasteiger partial charge >= 0.3 is 0 Å². The number of tetrazole rings is 1. The van der Waals surface area contributed by atoms with Gasteiger partial charge in [-0.05, 0) is 36.4 Å². The Morgan fingerprint density at radius 1 is 1.22 bits per heavy atom. The molecule has 2 atom stereocenters. The van der Waals surface area contributed by atoms with Crippen LogP contribution in [0.3, 0.4) is 0 Å². The summed E-state index contributed by atoms with van der Waals surface area (Å²) in [5, 5.41) is 21.4. The number of aromatic nitrogens is 5. The molecule has 2 aromatic heterocycles. The number of nitrogens with zero attached hydrogens (tertiary/aromatic N) is 5. The van der Waals surface area contributed by atoms with Gasteiger partial charge in [-0.2, -0.15) is 9.52 Å². The van der Waals surface area contributed by atoms with Crippen LogP contribution in [0.4, 0.5) is 4.39 Å². The molecule has 0 radical (unpaired) electrons. The average Bonchev–Trinajstić information content (AvgIpc) is 3.17. The van der Waals surface area contributed by atoms with Gasteiger partial charge in [0.25, 0.3) is 0 Å². The van der Waals surface area contributed by atoms with Crippen LogP contribution >= 0.6 is 0 Å². The van der Waals surface area contributed by atoms with Crippen LogP contribution in [0.25, 0.3) is 0 Å². The molecule has 0 saturated heterocycles. The lowest BCUT2D eigenvalue weighted by atomic mass is 10.2. The standard InChI is InChI=1S/C16H17FN6O3S/c1-11(14-8-7-12(17)9-18-14)23-20-16(19-22-23)15(10-24)21-27(25,26)13-5-3-2-4-6-13/h2-9,11,15,21,24H,10H2,1H3. The molecule has 0 saturated carbocycles. The molecule has 2 unspecified atom stereocenters. The fourth-order valence-electron chi connectivity index (χ4n) is 2.32. The number of aliphatic hydroxyl groups is 1. The van der Waals surface area contributed by atoms with Crippen molar-refractivity contribution in [2.24, 2.45) is 0 Å². The second kappa shape index (κ2) is 7.86. The van der Waals surface area contributed by atoms with Crippen molar-refractivity contribution in [3.63, 3.8) is 0 Å². The van der Waals surface area contributed by atoms with E-state index in [4.69, 9.17) is 0 Å². The molecule has 3 rings (SSSR count). The second-order valence-corrected chi connectivity index (χ2v) is 7.43. The molecular weight excluding hydrogens is 375 g/mol. The van der Waals surface area contributed by atoms with Crippen LogP contribution in [-0.4, -0.2) is 45.3 Å². The summed E-state index contributed by atoms with van der Waals surface area (Å²) in [6.45, 7) is 1.18. The zero-order chi connectivity index (χ0) is 19.4. The van der Waals surface area contributed by atoms with Gasteiger partial charge in [-0.15, -0.1) is 10.2 Å². The van der Waals surface area contributed by atoms with Crippen LogP contribution in [0, 0.1) is 5.82 Å². The van der Waals surface area contributed by atoms with Gasteiger partial charge < -0.3 is 5.11 Å². The van der Waals surface area contributed by atoms with Crippen LogP contribution in [0.1, 0.15) is 30.5 Å². The van der Waals surface area contributed by atoms with Gasteiger partial charge in [-0.1, -0.05) is 18.2 Å². The predicted molar refractivity (Wildman–Crippen MR) is 92.4 cm³/mol. The molecule has 11 heteroatoms. The largest absolute Gasteiger partial charge is 0.394 e. The summed E-state index contributed by atoms with van der Waals surface area (Å²) in [6.07, 6.45) is 1.08. The van der Waals surface area contributed by atoms with Crippen LogP contribution in [0.15, 0.2) is 53.6 Å². The Morgan fingerprint density at radius 2 is 1.96 bits per heavy atom. The number of nitrogens with one attached hydrogen (secondary N) is 1. The third kappa shape index (κ3) is 4.32. The molecule has 1 aromatic carbocycles. The summed E-state index contributed by atoms with van der Waals surface area (Å²) >= 11 is 0. The summed E-state index contributed by atoms with van der Waals surface area (Å²) < 4.78 is 40.2. The predicted octanol–water partition coefficient (Wildman–Crippen LogP) is 0.828. The lowest BCUT2D eigenvalue weighted by Crippen LogP contribution is -2.31. The quantitative estimate of drug-likeness (QED) is 0.610. The number of aliphatic hydroxyl groups excluding tert-OH is 1. The zero-order valence-electron chi connectivity index (χ0n) is 14.3. The minimum absolute atomic E-state index is 0.00553. The van der Waals surface area contributed by atoms with Crippen molar-refractivity contribution in [3.05, 3.63) is 66.0 Å². The SMILES string of the molecule is CC(c1ccc(F)cn1)n1nnc(C(CO)NS(=O)(=O)c2ccccc2)n1. The number of benzene rings is 1. The smallest absolute Gasteiger partial charge is 0.241 e. The van der Waals surface area contributed by atoms with Crippen molar-refractivity contribution < 1.29 is 17.9 Å². The van der Waals surface area contributed by atoms with Crippen molar-refractivity contribution in [2.75, 3.05) is 6.61 Å². The number of pyridine rings is 1. The molecule has 0 fully saturated rings. The van der Waals surface area contributed by atoms with Gasteiger partial charge in [0.05, 0.1) is 23.4 Å². The highest BCUT2D eigenvalue weighted by Gasteiger charge is 2.25. The summed E-state index contributed by atoms with van der Waals surface area (Å²) in [6, 6.07) is 8.97. The van der Waals surface area contributed by atoms with Crippen molar-refractivity contribution in [1.82, 2.24) is 29.9 Å². The summed E-state index contributed by atoms with van der Waals surface area (Å²) in [5.41, 5.74) is 0.505. The number of hydrogen-bond acceptors (Lipinski definition) is 7. The molecule has 0 bridgehead atoms. The Morgan fingerprint density at radius 3 is 2.59 bits per heavy atom. The molecular formula is C16H17FN6O3S. The first-order chi connectivity index (χ1) is 12.9. The number of sulfonamides is 1. The molecule has 2 heterocycles. The molecule has 0 aliphatic rings. The summed E-state index contributed by atoms with van der Waals surface area (Å²) in [4.78, 5) is 5.24. The van der Waals surface area contributed by atoms with Gasteiger partial charge in [0.2, 0.25) is 10.0 Å². The van der Waals surface area contributed by atoms with E-state index in [1.54, 1.807) is 25.1 Å². The van der Waals surface area contributed by atoms with Gasteiger partial charge in [0.15, 0.2) is 5.82 Å². The number of halogens is 1. The maximum absolute atomic E-state index is 13.0. The Hall–Kier alpha value is -2.76. The normalized spacial score (nSPS) is 14.0. The van der Waals surface area contributed by atoms with E-state index in [0.29, 0.717) is 5.69 Å². The zero-order valence-corrected chi connectivity index (χ0v) is 15.1. The van der Waals surface area contributed by atoms with E-state index in [1.807, 2.05) is 0 Å². The molecule has 0 spiro atoms. The van der Waals surface area contributed by atoms with Crippen molar-refractivity contribution in [1.29, 1.82) is 0 Å². The third-order valence-electron chi connectivity index (χ3n) is 3.81. The first-order valence-electron chi connectivity index (χ1n) is 8.00. The molecule has 142 valence electrons. The van der Waals surface area contributed by atoms with Crippen molar-refractivity contribution in [3.8, 4) is 0 Å². The molecule has 9 nitrogen and oxygen atoms in total. The first kappa shape index (κ1) is 19.0. The molecule has 0 amide bonds. The molecule has 0 aliphatic heterocycles. The lowest BCUT2D eigenvalue weighted by molar-refractivity contribution is 0.253. The summed E-state index contributed by atoms with van der Waals surface area (Å²) in [5.74, 6) is -0.459. The maximum Gasteiger partial charge on any atom is 0.241 e. The third-order valence-corrected chi connectivity index (χ3v) is 5.30. The van der Waals surface area contributed by atoms with Gasteiger partial charge in [-0.25, -0.2) is 12.8 Å². The monoisotopic (exact) mass is 392 g/mol. The highest BCUT2D eigenvalue weighted by Crippen LogP contribution is 2.16. The minimum atomic E-state index is -3.87. The fraction of sp³-hybridized carbons (Fsp3) is 0.250. The Kier molecular flexibility index (Phi) is 5.54. The van der Waals surface area contributed by atoms with E-state index in [-0.39, 0.29) is 10.7 Å². The van der Waals surface area contributed by atoms with Crippen LogP contribution in [0.5, 0.6) is 0 Å². The fourth-order valence-corrected chi connectivity index (χ4v) is 3.53. The highest BCUT2D eigenvalue weighted by atomic mass is 32.2. The van der Waals surface area contributed by atoms with Crippen LogP contribution in [0.2, 0.25) is 0 Å². The number of rotatable bonds is 7.